The molecule has 1 atom stereocenters. The number of piperidine rings is 1. The number of alkyl halides is 3. The van der Waals surface area contributed by atoms with Crippen LogP contribution < -0.4 is 0 Å². The third-order valence-electron chi connectivity index (χ3n) is 5.99. The number of likely N-dealkylation sites (tertiary alicyclic amines) is 2. The van der Waals surface area contributed by atoms with E-state index in [9.17, 15) is 22.8 Å². The SMILES string of the molecule is CCN1CC2(CCN(C(=O)c3cc(C)ccn3)CC2)C(COC)C1=O.O=C(O)C(F)(F)F. The van der Waals surface area contributed by atoms with Gasteiger partial charge in [0.15, 0.2) is 0 Å². The van der Waals surface area contributed by atoms with Gasteiger partial charge in [0.05, 0.1) is 12.5 Å². The number of methoxy groups -OCH3 is 1. The van der Waals surface area contributed by atoms with E-state index in [4.69, 9.17) is 14.6 Å². The first-order valence-electron chi connectivity index (χ1n) is 10.2. The lowest BCUT2D eigenvalue weighted by Gasteiger charge is -2.41. The van der Waals surface area contributed by atoms with Crippen LogP contribution >= 0.6 is 0 Å². The molecular formula is C21H28F3N3O5. The fraction of sp³-hybridized carbons (Fsp3) is 0.619. The summed E-state index contributed by atoms with van der Waals surface area (Å²) in [6.07, 6.45) is -1.74. The number of carboxylic acid groups (broad SMARTS) is 1. The lowest BCUT2D eigenvalue weighted by molar-refractivity contribution is -0.192. The zero-order valence-corrected chi connectivity index (χ0v) is 18.3. The molecule has 3 heterocycles. The number of amides is 2. The molecule has 11 heteroatoms. The van der Waals surface area contributed by atoms with Gasteiger partial charge >= 0.3 is 12.1 Å². The highest BCUT2D eigenvalue weighted by Crippen LogP contribution is 2.45. The summed E-state index contributed by atoms with van der Waals surface area (Å²) >= 11 is 0. The molecule has 1 unspecified atom stereocenters. The Morgan fingerprint density at radius 2 is 1.91 bits per heavy atom. The van der Waals surface area contributed by atoms with Gasteiger partial charge in [0.2, 0.25) is 5.91 Å². The number of carbonyl (C=O) groups is 3. The maximum absolute atomic E-state index is 12.7. The monoisotopic (exact) mass is 459 g/mol. The van der Waals surface area contributed by atoms with Crippen LogP contribution in [0.3, 0.4) is 0 Å². The Bertz CT molecular complexity index is 838. The number of hydrogen-bond acceptors (Lipinski definition) is 5. The first-order chi connectivity index (χ1) is 14.9. The van der Waals surface area contributed by atoms with E-state index in [1.54, 1.807) is 13.3 Å². The molecule has 1 N–H and O–H groups in total. The number of rotatable bonds is 4. The Kier molecular flexibility index (Phi) is 8.22. The highest BCUT2D eigenvalue weighted by Gasteiger charge is 2.52. The summed E-state index contributed by atoms with van der Waals surface area (Å²) in [7, 11) is 1.65. The van der Waals surface area contributed by atoms with Gasteiger partial charge in [0.25, 0.3) is 5.91 Å². The maximum atomic E-state index is 12.7. The van der Waals surface area contributed by atoms with Crippen molar-refractivity contribution >= 4 is 17.8 Å². The summed E-state index contributed by atoms with van der Waals surface area (Å²) in [5.41, 5.74) is 1.47. The van der Waals surface area contributed by atoms with Gasteiger partial charge in [0.1, 0.15) is 5.69 Å². The number of aliphatic carboxylic acids is 1. The van der Waals surface area contributed by atoms with Crippen LogP contribution in [0.4, 0.5) is 13.2 Å². The van der Waals surface area contributed by atoms with E-state index in [1.165, 1.54) is 0 Å². The van der Waals surface area contributed by atoms with Gasteiger partial charge in [-0.25, -0.2) is 4.79 Å². The number of aryl methyl sites for hydroxylation is 1. The van der Waals surface area contributed by atoms with Crippen LogP contribution in [0.5, 0.6) is 0 Å². The second-order valence-electron chi connectivity index (χ2n) is 8.04. The normalized spacial score (nSPS) is 20.2. The molecule has 2 aliphatic rings. The predicted molar refractivity (Wildman–Crippen MR) is 108 cm³/mol. The van der Waals surface area contributed by atoms with Crippen LogP contribution in [0.2, 0.25) is 0 Å². The number of pyridine rings is 1. The van der Waals surface area contributed by atoms with Crippen molar-refractivity contribution in [2.24, 2.45) is 11.3 Å². The maximum Gasteiger partial charge on any atom is 0.490 e. The summed E-state index contributed by atoms with van der Waals surface area (Å²) in [5, 5.41) is 7.12. The van der Waals surface area contributed by atoms with Gasteiger partial charge in [-0.15, -0.1) is 0 Å². The van der Waals surface area contributed by atoms with Crippen molar-refractivity contribution in [3.8, 4) is 0 Å². The molecular weight excluding hydrogens is 431 g/mol. The predicted octanol–water partition coefficient (Wildman–Crippen LogP) is 2.37. The standard InChI is InChI=1S/C19H27N3O3.C2HF3O2/c1-4-21-13-19(15(12-25-3)17(21)23)6-9-22(10-7-19)18(24)16-11-14(2)5-8-20-16;3-2(4,5)1(6)7/h5,8,11,15H,4,6-7,9-10,12-13H2,1-3H3;(H,6,7). The van der Waals surface area contributed by atoms with Crippen LogP contribution in [-0.4, -0.2) is 83.7 Å². The lowest BCUT2D eigenvalue weighted by atomic mass is 9.71. The van der Waals surface area contributed by atoms with Crippen LogP contribution in [0, 0.1) is 18.3 Å². The van der Waals surface area contributed by atoms with Crippen LogP contribution in [-0.2, 0) is 14.3 Å². The lowest BCUT2D eigenvalue weighted by Crippen LogP contribution is -2.47. The molecule has 2 fully saturated rings. The Balaban J connectivity index is 0.000000451. The fourth-order valence-corrected chi connectivity index (χ4v) is 4.21. The molecule has 2 amide bonds. The topological polar surface area (TPSA) is 100 Å². The van der Waals surface area contributed by atoms with Gasteiger partial charge in [-0.3, -0.25) is 14.6 Å². The minimum Gasteiger partial charge on any atom is -0.475 e. The third-order valence-corrected chi connectivity index (χ3v) is 5.99. The van der Waals surface area contributed by atoms with Gasteiger partial charge in [-0.05, 0) is 44.4 Å². The van der Waals surface area contributed by atoms with E-state index >= 15 is 0 Å². The molecule has 1 aromatic rings. The zero-order valence-electron chi connectivity index (χ0n) is 18.3. The van der Waals surface area contributed by atoms with E-state index in [0.717, 1.165) is 31.5 Å². The van der Waals surface area contributed by atoms with Gasteiger partial charge in [0, 0.05) is 44.9 Å². The van der Waals surface area contributed by atoms with E-state index in [2.05, 4.69) is 4.98 Å². The number of carbonyl (C=O) groups excluding carboxylic acids is 2. The molecule has 0 aliphatic carbocycles. The van der Waals surface area contributed by atoms with E-state index in [0.29, 0.717) is 25.4 Å². The van der Waals surface area contributed by atoms with Crippen LogP contribution in [0.1, 0.15) is 35.8 Å². The van der Waals surface area contributed by atoms with Crippen molar-refractivity contribution in [3.63, 3.8) is 0 Å². The van der Waals surface area contributed by atoms with Crippen molar-refractivity contribution in [1.82, 2.24) is 14.8 Å². The molecule has 2 saturated heterocycles. The van der Waals surface area contributed by atoms with Gasteiger partial charge < -0.3 is 19.6 Å². The van der Waals surface area contributed by atoms with E-state index in [-0.39, 0.29) is 23.1 Å². The molecule has 1 spiro atoms. The average molecular weight is 459 g/mol. The highest BCUT2D eigenvalue weighted by atomic mass is 19.4. The summed E-state index contributed by atoms with van der Waals surface area (Å²) < 4.78 is 37.1. The number of ether oxygens (including phenoxy) is 1. The Morgan fingerprint density at radius 1 is 1.31 bits per heavy atom. The van der Waals surface area contributed by atoms with E-state index in [1.807, 2.05) is 35.8 Å². The first-order valence-corrected chi connectivity index (χ1v) is 10.2. The summed E-state index contributed by atoms with van der Waals surface area (Å²) in [4.78, 5) is 42.3. The number of aromatic nitrogens is 1. The molecule has 1 aromatic heterocycles. The molecule has 2 aliphatic heterocycles. The molecule has 0 bridgehead atoms. The van der Waals surface area contributed by atoms with Crippen molar-refractivity contribution in [1.29, 1.82) is 0 Å². The smallest absolute Gasteiger partial charge is 0.475 e. The molecule has 32 heavy (non-hydrogen) atoms. The Hall–Kier alpha value is -2.69. The quantitative estimate of drug-likeness (QED) is 0.742. The third kappa shape index (κ3) is 5.76. The Labute approximate surface area is 184 Å². The molecule has 0 aromatic carbocycles. The fourth-order valence-electron chi connectivity index (χ4n) is 4.21. The second-order valence-corrected chi connectivity index (χ2v) is 8.04. The minimum absolute atomic E-state index is 0.0153. The molecule has 8 nitrogen and oxygen atoms in total. The van der Waals surface area contributed by atoms with Crippen LogP contribution in [0.15, 0.2) is 18.3 Å². The van der Waals surface area contributed by atoms with E-state index < -0.39 is 12.1 Å². The Morgan fingerprint density at radius 3 is 2.38 bits per heavy atom. The van der Waals surface area contributed by atoms with Crippen molar-refractivity contribution < 1.29 is 37.4 Å². The molecule has 3 rings (SSSR count). The van der Waals surface area contributed by atoms with Crippen molar-refractivity contribution in [2.75, 3.05) is 39.9 Å². The van der Waals surface area contributed by atoms with Crippen LogP contribution in [0.25, 0.3) is 0 Å². The molecule has 178 valence electrons. The summed E-state index contributed by atoms with van der Waals surface area (Å²) in [6, 6.07) is 3.72. The minimum atomic E-state index is -5.08. The second kappa shape index (κ2) is 10.3. The first kappa shape index (κ1) is 25.6. The number of halogens is 3. The summed E-state index contributed by atoms with van der Waals surface area (Å²) in [6.45, 7) is 7.28. The largest absolute Gasteiger partial charge is 0.490 e. The zero-order chi connectivity index (χ0) is 24.1. The average Bonchev–Trinajstić information content (AvgIpc) is 2.99. The number of nitrogens with zero attached hydrogens (tertiary/aromatic N) is 3. The van der Waals surface area contributed by atoms with Gasteiger partial charge in [-0.2, -0.15) is 13.2 Å². The number of hydrogen-bond donors (Lipinski definition) is 1. The highest BCUT2D eigenvalue weighted by molar-refractivity contribution is 5.92. The van der Waals surface area contributed by atoms with Gasteiger partial charge in [-0.1, -0.05) is 0 Å². The molecule has 0 saturated carbocycles. The summed E-state index contributed by atoms with van der Waals surface area (Å²) in [5.74, 6) is -2.66. The van der Waals surface area contributed by atoms with Crippen molar-refractivity contribution in [3.05, 3.63) is 29.6 Å². The molecule has 0 radical (unpaired) electrons. The number of carboxylic acids is 1. The van der Waals surface area contributed by atoms with Crippen molar-refractivity contribution in [2.45, 2.75) is 32.9 Å².